The molecule has 2 nitrogen and oxygen atoms in total. The van der Waals surface area contributed by atoms with Crippen molar-refractivity contribution in [3.8, 4) is 6.07 Å². The van der Waals surface area contributed by atoms with Gasteiger partial charge in [0.05, 0.1) is 11.6 Å². The zero-order valence-corrected chi connectivity index (χ0v) is 8.12. The summed E-state index contributed by atoms with van der Waals surface area (Å²) in [6.45, 7) is 0. The van der Waals surface area contributed by atoms with Crippen LogP contribution in [0.25, 0.3) is 0 Å². The second-order valence-electron chi connectivity index (χ2n) is 3.07. The topological polar surface area (TPSA) is 44.0 Å². The van der Waals surface area contributed by atoms with Crippen molar-refractivity contribution in [1.82, 2.24) is 0 Å². The third kappa shape index (κ3) is 2.11. The zero-order chi connectivity index (χ0) is 14.2. The Morgan fingerprint density at radius 3 is 1.61 bits per heavy atom. The Bertz CT molecular complexity index is 502. The monoisotopic (exact) mass is 273 g/mol. The van der Waals surface area contributed by atoms with E-state index in [9.17, 15) is 30.7 Å². The van der Waals surface area contributed by atoms with Gasteiger partial charge in [-0.1, -0.05) is 0 Å². The minimum Gasteiger partial charge on any atom is -0.374 e. The van der Waals surface area contributed by atoms with Gasteiger partial charge in [-0.25, -0.2) is 17.6 Å². The maximum Gasteiger partial charge on any atom is 0.422 e. The third-order valence-electron chi connectivity index (χ3n) is 1.98. The summed E-state index contributed by atoms with van der Waals surface area (Å²) in [6.07, 6.45) is -8.29. The lowest BCUT2D eigenvalue weighted by molar-refractivity contribution is -0.143. The first-order chi connectivity index (χ1) is 8.12. The number of halogens is 7. The van der Waals surface area contributed by atoms with Crippen LogP contribution in [0.3, 0.4) is 0 Å². The Kier molecular flexibility index (Phi) is 3.52. The molecule has 0 aliphatic heterocycles. The van der Waals surface area contributed by atoms with Gasteiger partial charge in [0.15, 0.2) is 29.4 Å². The van der Waals surface area contributed by atoms with E-state index in [-0.39, 0.29) is 0 Å². The molecule has 0 bridgehead atoms. The van der Waals surface area contributed by atoms with Crippen LogP contribution in [0.2, 0.25) is 0 Å². The highest BCUT2D eigenvalue weighted by atomic mass is 19.4. The largest absolute Gasteiger partial charge is 0.422 e. The highest BCUT2D eigenvalue weighted by molar-refractivity contribution is 5.34. The molecule has 18 heavy (non-hydrogen) atoms. The summed E-state index contributed by atoms with van der Waals surface area (Å²) in [7, 11) is 0. The molecule has 0 spiro atoms. The molecule has 0 amide bonds. The lowest BCUT2D eigenvalue weighted by atomic mass is 10.0. The van der Waals surface area contributed by atoms with Gasteiger partial charge in [-0.3, -0.25) is 0 Å². The van der Waals surface area contributed by atoms with Crippen LogP contribution in [0, 0.1) is 34.6 Å². The van der Waals surface area contributed by atoms with E-state index < -0.39 is 46.7 Å². The van der Waals surface area contributed by atoms with Gasteiger partial charge in [0.1, 0.15) is 5.56 Å². The molecule has 1 unspecified atom stereocenters. The Morgan fingerprint density at radius 2 is 1.33 bits per heavy atom. The fraction of sp³-hybridized carbons (Fsp3) is 0.222. The van der Waals surface area contributed by atoms with Crippen molar-refractivity contribution in [2.75, 3.05) is 0 Å². The first-order valence-electron chi connectivity index (χ1n) is 4.13. The number of nitrogens with zero attached hydrogens (tertiary/aromatic N) is 1. The van der Waals surface area contributed by atoms with Crippen LogP contribution in [0.15, 0.2) is 0 Å². The first kappa shape index (κ1) is 14.2. The lowest BCUT2D eigenvalue weighted by Crippen LogP contribution is -2.18. The summed E-state index contributed by atoms with van der Waals surface area (Å²) in [4.78, 5) is 0. The van der Waals surface area contributed by atoms with Crippen molar-refractivity contribution >= 4 is 0 Å². The van der Waals surface area contributed by atoms with Crippen LogP contribution in [0.5, 0.6) is 0 Å². The number of nitriles is 1. The lowest BCUT2D eigenvalue weighted by Gasteiger charge is -2.14. The molecule has 1 aromatic rings. The molecular formula is C9H2F7NO. The fourth-order valence-electron chi connectivity index (χ4n) is 1.20. The Labute approximate surface area is 94.9 Å². The number of alkyl halides is 3. The van der Waals surface area contributed by atoms with Crippen LogP contribution in [0.1, 0.15) is 17.2 Å². The van der Waals surface area contributed by atoms with Gasteiger partial charge in [-0.05, 0) is 0 Å². The molecule has 9 heteroatoms. The van der Waals surface area contributed by atoms with Crippen molar-refractivity contribution in [2.24, 2.45) is 0 Å². The maximum atomic E-state index is 13.1. The number of hydrogen-bond donors (Lipinski definition) is 1. The molecular weight excluding hydrogens is 271 g/mol. The predicted molar refractivity (Wildman–Crippen MR) is 41.8 cm³/mol. The smallest absolute Gasteiger partial charge is 0.374 e. The summed E-state index contributed by atoms with van der Waals surface area (Å²) in [6, 6.07) is 0.836. The minimum absolute atomic E-state index is 0.836. The quantitative estimate of drug-likeness (QED) is 0.485. The minimum atomic E-state index is -5.66. The Balaban J connectivity index is 3.73. The maximum absolute atomic E-state index is 13.1. The van der Waals surface area contributed by atoms with Gasteiger partial charge in [-0.15, -0.1) is 0 Å². The van der Waals surface area contributed by atoms with E-state index in [0.717, 1.165) is 6.07 Å². The van der Waals surface area contributed by atoms with E-state index in [2.05, 4.69) is 0 Å². The van der Waals surface area contributed by atoms with E-state index in [1.165, 1.54) is 0 Å². The highest BCUT2D eigenvalue weighted by Crippen LogP contribution is 2.38. The second-order valence-corrected chi connectivity index (χ2v) is 3.07. The van der Waals surface area contributed by atoms with E-state index >= 15 is 0 Å². The number of hydrogen-bond acceptors (Lipinski definition) is 2. The summed E-state index contributed by atoms with van der Waals surface area (Å²) >= 11 is 0. The molecule has 1 rings (SSSR count). The predicted octanol–water partition coefficient (Wildman–Crippen LogP) is 2.82. The molecule has 0 heterocycles. The van der Waals surface area contributed by atoms with Gasteiger partial charge in [0, 0.05) is 0 Å². The molecule has 0 aliphatic carbocycles. The van der Waals surface area contributed by atoms with Crippen molar-refractivity contribution in [2.45, 2.75) is 12.3 Å². The first-order valence-corrected chi connectivity index (χ1v) is 4.13. The summed E-state index contributed by atoms with van der Waals surface area (Å²) < 4.78 is 88.5. The van der Waals surface area contributed by atoms with Gasteiger partial charge >= 0.3 is 6.18 Å². The summed E-state index contributed by atoms with van der Waals surface area (Å²) in [5.74, 6) is -10.4. The Morgan fingerprint density at radius 1 is 0.944 bits per heavy atom. The number of rotatable bonds is 1. The van der Waals surface area contributed by atoms with E-state index in [1.807, 2.05) is 0 Å². The molecule has 0 fully saturated rings. The second kappa shape index (κ2) is 4.45. The summed E-state index contributed by atoms with van der Waals surface area (Å²) in [5.41, 5.74) is -4.56. The van der Waals surface area contributed by atoms with Gasteiger partial charge in [0.2, 0.25) is 0 Å². The SMILES string of the molecule is N#CC(O)c1c(F)c(F)c(C(F)(F)F)c(F)c1F. The molecule has 98 valence electrons. The molecule has 0 aliphatic rings. The van der Waals surface area contributed by atoms with Crippen LogP contribution in [0.4, 0.5) is 30.7 Å². The highest BCUT2D eigenvalue weighted by Gasteiger charge is 2.43. The van der Waals surface area contributed by atoms with E-state index in [0.29, 0.717) is 0 Å². The summed E-state index contributed by atoms with van der Waals surface area (Å²) in [5, 5.41) is 16.9. The number of aliphatic hydroxyl groups is 1. The van der Waals surface area contributed by atoms with Gasteiger partial charge in [-0.2, -0.15) is 18.4 Å². The fourth-order valence-corrected chi connectivity index (χ4v) is 1.20. The molecule has 0 saturated heterocycles. The molecule has 0 saturated carbocycles. The van der Waals surface area contributed by atoms with Crippen molar-refractivity contribution in [1.29, 1.82) is 5.26 Å². The van der Waals surface area contributed by atoms with E-state index in [4.69, 9.17) is 10.4 Å². The van der Waals surface area contributed by atoms with Gasteiger partial charge in [0.25, 0.3) is 0 Å². The van der Waals surface area contributed by atoms with Crippen molar-refractivity contribution in [3.63, 3.8) is 0 Å². The average molecular weight is 273 g/mol. The average Bonchev–Trinajstić information content (AvgIpc) is 2.24. The van der Waals surface area contributed by atoms with Crippen LogP contribution >= 0.6 is 0 Å². The number of benzene rings is 1. The van der Waals surface area contributed by atoms with Crippen LogP contribution < -0.4 is 0 Å². The van der Waals surface area contributed by atoms with Crippen molar-refractivity contribution in [3.05, 3.63) is 34.4 Å². The molecule has 1 N–H and O–H groups in total. The normalized spacial score (nSPS) is 13.3. The zero-order valence-electron chi connectivity index (χ0n) is 8.12. The van der Waals surface area contributed by atoms with Gasteiger partial charge < -0.3 is 5.11 Å². The molecule has 1 atom stereocenters. The molecule has 1 aromatic carbocycles. The number of aliphatic hydroxyl groups excluding tert-OH is 1. The van der Waals surface area contributed by atoms with Crippen LogP contribution in [-0.4, -0.2) is 5.11 Å². The standard InChI is InChI=1S/C9H2F7NO/c10-5-3(2(18)1-17)6(11)8(13)4(7(5)12)9(14,15)16/h2,18H. The third-order valence-corrected chi connectivity index (χ3v) is 1.98. The molecule has 0 aromatic heterocycles. The van der Waals surface area contributed by atoms with Crippen molar-refractivity contribution < 1.29 is 35.8 Å². The Hall–Kier alpha value is -1.82. The molecule has 0 radical (unpaired) electrons. The van der Waals surface area contributed by atoms with Crippen LogP contribution in [-0.2, 0) is 6.18 Å². The van der Waals surface area contributed by atoms with E-state index in [1.54, 1.807) is 0 Å².